The van der Waals surface area contributed by atoms with Gasteiger partial charge in [-0.15, -0.1) is 0 Å². The van der Waals surface area contributed by atoms with Gasteiger partial charge >= 0.3 is 0 Å². The zero-order valence-electron chi connectivity index (χ0n) is 87.0. The van der Waals surface area contributed by atoms with Crippen LogP contribution in [0.1, 0.15) is 188 Å². The first kappa shape index (κ1) is 93.4. The van der Waals surface area contributed by atoms with Gasteiger partial charge < -0.3 is 9.80 Å². The summed E-state index contributed by atoms with van der Waals surface area (Å²) in [4.78, 5) is 4.84. The van der Waals surface area contributed by atoms with Crippen LogP contribution in [0.2, 0.25) is 0 Å². The lowest BCUT2D eigenvalue weighted by molar-refractivity contribution is 0.229. The Morgan fingerprint density at radius 3 is 0.694 bits per heavy atom. The van der Waals surface area contributed by atoms with Gasteiger partial charge in [-0.25, -0.2) is 0 Å². The van der Waals surface area contributed by atoms with Crippen LogP contribution >= 0.6 is 0 Å². The highest BCUT2D eigenvalue weighted by molar-refractivity contribution is 6.01. The van der Waals surface area contributed by atoms with Crippen molar-refractivity contribution in [3.05, 3.63) is 540 Å². The Bertz CT molecular complexity index is 8310. The molecule has 0 radical (unpaired) electrons. The van der Waals surface area contributed by atoms with Crippen LogP contribution in [0.25, 0.3) is 134 Å². The van der Waals surface area contributed by atoms with E-state index < -0.39 is 10.8 Å². The molecule has 20 aromatic carbocycles. The zero-order chi connectivity index (χ0) is 101. The molecule has 0 aromatic heterocycles. The van der Waals surface area contributed by atoms with Crippen LogP contribution in [-0.4, -0.2) is 0 Å². The average molecular weight is 1900 g/mol. The predicted octanol–water partition coefficient (Wildman–Crippen LogP) is 40.1. The van der Waals surface area contributed by atoms with Crippen LogP contribution < -0.4 is 9.80 Å². The van der Waals surface area contributed by atoms with E-state index in [0.717, 1.165) is 47.0 Å². The predicted molar refractivity (Wildman–Crippen MR) is 623 cm³/mol. The quantitative estimate of drug-likeness (QED) is 0.0896. The maximum absolute atomic E-state index is 2.53. The largest absolute Gasteiger partial charge is 0.310 e. The lowest BCUT2D eigenvalue weighted by atomic mass is 9.69. The van der Waals surface area contributed by atoms with Crippen molar-refractivity contribution in [2.45, 2.75) is 138 Å². The first-order valence-electron chi connectivity index (χ1n) is 52.8. The highest BCUT2D eigenvalue weighted by Gasteiger charge is 2.54. The lowest BCUT2D eigenvalue weighted by Gasteiger charge is -2.36. The van der Waals surface area contributed by atoms with E-state index in [4.69, 9.17) is 0 Å². The van der Waals surface area contributed by atoms with E-state index in [1.165, 1.54) is 200 Å². The molecule has 25 rings (SSSR count). The van der Waals surface area contributed by atoms with Gasteiger partial charge in [-0.05, 0) is 344 Å². The molecule has 2 heteroatoms. The van der Waals surface area contributed by atoms with Gasteiger partial charge in [0.2, 0.25) is 0 Å². The Hall–Kier alpha value is -16.0. The molecule has 5 aliphatic carbocycles. The normalized spacial score (nSPS) is 15.4. The Kier molecular flexibility index (Phi) is 23.1. The third-order valence-corrected chi connectivity index (χ3v) is 32.6. The van der Waals surface area contributed by atoms with E-state index in [1.54, 1.807) is 0 Å². The molecule has 0 saturated heterocycles. The number of nitrogens with zero attached hydrogens (tertiary/aromatic N) is 2. The van der Waals surface area contributed by atoms with Crippen LogP contribution in [0.3, 0.4) is 0 Å². The molecular formula is C145H126N2. The fourth-order valence-electron chi connectivity index (χ4n) is 25.6. The summed E-state index contributed by atoms with van der Waals surface area (Å²) < 4.78 is 0. The number of fused-ring (bicyclic) bond motifs is 23. The molecule has 4 unspecified atom stereocenters. The Balaban J connectivity index is 0.000000157. The van der Waals surface area contributed by atoms with Gasteiger partial charge in [0.25, 0.3) is 0 Å². The summed E-state index contributed by atoms with van der Waals surface area (Å²) in [5, 5.41) is 0. The van der Waals surface area contributed by atoms with Crippen LogP contribution in [-0.2, 0) is 16.2 Å². The molecule has 0 amide bonds. The first-order chi connectivity index (χ1) is 71.1. The molecule has 716 valence electrons. The van der Waals surface area contributed by atoms with Crippen molar-refractivity contribution >= 4 is 34.1 Å². The molecule has 0 aliphatic heterocycles. The molecule has 0 saturated carbocycles. The second kappa shape index (κ2) is 36.3. The third-order valence-electron chi connectivity index (χ3n) is 32.6. The molecule has 20 aromatic rings. The SMILES string of the molecule is CC(C)(C)CC(c1ccc(-c2ccc3c(c2)C2(c4ccccc4-3)c3ccccc3-c3ccc(-c4cccc(N(c5ccc(-c6ccccc6)cc5)c5ccc(-c6ccccc6)cc5)c4)cc32)cc1)C(C)(C)C.CC(C)(C)CC(c1ccc(-c2ccc3c(c2)C2(c4ccccc4-3)c3ccccc3-c3ccc(-c4cccc(N(c5ccc(-c6ccccc6)cc5)c5ccc6c(c5)C(C)(C)c5ccccc5-6)c4)cc32)cc1)C(C)(C)C. The number of hydrogen-bond acceptors (Lipinski definition) is 2. The lowest BCUT2D eigenvalue weighted by Crippen LogP contribution is -2.26. The fraction of sp³-hybridized carbons (Fsp3) is 0.172. The van der Waals surface area contributed by atoms with Crippen LogP contribution in [0, 0.1) is 21.7 Å². The monoisotopic (exact) mass is 1890 g/mol. The minimum absolute atomic E-state index is 0.130. The van der Waals surface area contributed by atoms with Gasteiger partial charge in [0.1, 0.15) is 0 Å². The van der Waals surface area contributed by atoms with Crippen LogP contribution in [0.15, 0.2) is 473 Å². The molecule has 5 aliphatic rings. The second-order valence-electron chi connectivity index (χ2n) is 46.7. The van der Waals surface area contributed by atoms with Crippen molar-refractivity contribution in [1.82, 2.24) is 0 Å². The Morgan fingerprint density at radius 1 is 0.170 bits per heavy atom. The van der Waals surface area contributed by atoms with E-state index in [-0.39, 0.29) is 27.1 Å². The molecule has 0 heterocycles. The van der Waals surface area contributed by atoms with Gasteiger partial charge in [-0.3, -0.25) is 0 Å². The number of anilines is 6. The maximum Gasteiger partial charge on any atom is 0.0725 e. The van der Waals surface area contributed by atoms with Crippen molar-refractivity contribution in [2.24, 2.45) is 21.7 Å². The van der Waals surface area contributed by atoms with Crippen molar-refractivity contribution in [3.8, 4) is 134 Å². The van der Waals surface area contributed by atoms with Crippen molar-refractivity contribution in [1.29, 1.82) is 0 Å². The van der Waals surface area contributed by atoms with Gasteiger partial charge in [0.15, 0.2) is 0 Å². The van der Waals surface area contributed by atoms with Crippen molar-refractivity contribution in [2.75, 3.05) is 9.80 Å². The molecular weight excluding hydrogens is 1770 g/mol. The summed E-state index contributed by atoms with van der Waals surface area (Å²) in [6.45, 7) is 33.3. The topological polar surface area (TPSA) is 6.48 Å². The third kappa shape index (κ3) is 16.4. The van der Waals surface area contributed by atoms with Gasteiger partial charge in [0, 0.05) is 39.5 Å². The van der Waals surface area contributed by atoms with E-state index in [0.29, 0.717) is 11.8 Å². The summed E-state index contributed by atoms with van der Waals surface area (Å²) in [5.41, 5.74) is 52.9. The molecule has 0 N–H and O–H groups in total. The highest BCUT2D eigenvalue weighted by atomic mass is 15.1. The van der Waals surface area contributed by atoms with Gasteiger partial charge in [-0.2, -0.15) is 0 Å². The summed E-state index contributed by atoms with van der Waals surface area (Å²) in [6.07, 6.45) is 2.29. The molecule has 0 fully saturated rings. The fourth-order valence-corrected chi connectivity index (χ4v) is 25.6. The van der Waals surface area contributed by atoms with Crippen LogP contribution in [0.4, 0.5) is 34.1 Å². The zero-order valence-corrected chi connectivity index (χ0v) is 87.0. The average Bonchev–Trinajstić information content (AvgIpc) is 1.51. The molecule has 147 heavy (non-hydrogen) atoms. The van der Waals surface area contributed by atoms with E-state index in [2.05, 4.69) is 580 Å². The number of benzene rings is 20. The molecule has 0 bridgehead atoms. The Morgan fingerprint density at radius 2 is 0.381 bits per heavy atom. The smallest absolute Gasteiger partial charge is 0.0725 e. The van der Waals surface area contributed by atoms with E-state index in [9.17, 15) is 0 Å². The molecule has 2 nitrogen and oxygen atoms in total. The van der Waals surface area contributed by atoms with Gasteiger partial charge in [-0.1, -0.05) is 473 Å². The summed E-state index contributed by atoms with van der Waals surface area (Å²) in [6, 6.07) is 178. The molecule has 4 atom stereocenters. The standard InChI is InChI=1S/C74H65N.C71H61N/c1-71(2,3)47-70(72(4,5)6)51-31-29-50(30-32-51)53-35-40-62-59-24-13-16-27-65(59)74(68(62)44-53)66-28-17-14-25-60(66)63-41-36-54(45-69(63)74)52-21-18-22-56(43-52)75(55-37-33-49(34-38-55)48-19-10-9-11-20-48)57-39-42-61-58-23-12-15-26-64(58)73(7,8)67(61)46-57;1-69(2,3)47-68(70(4,5)6)53-30-28-52(29-31-53)55-36-42-62-60-24-13-15-26-64(60)71(66(62)45-55)65-27-16-14-25-61(65)63-43-37-56(46-67(63)71)54-22-17-23-59(44-54)72(57-38-32-50(33-39-57)48-18-9-7-10-19-48)58-40-34-51(35-41-58)49-20-11-8-12-21-49/h9-46,70H,47H2,1-8H3;7-46,68H,47H2,1-6H3. The Labute approximate surface area is 870 Å². The minimum atomic E-state index is -0.493. The van der Waals surface area contributed by atoms with Gasteiger partial charge in [0.05, 0.1) is 10.8 Å². The number of hydrogen-bond donors (Lipinski definition) is 0. The minimum Gasteiger partial charge on any atom is -0.310 e. The van der Waals surface area contributed by atoms with Crippen molar-refractivity contribution in [3.63, 3.8) is 0 Å². The van der Waals surface area contributed by atoms with E-state index in [1.807, 2.05) is 0 Å². The second-order valence-corrected chi connectivity index (χ2v) is 46.7. The summed E-state index contributed by atoms with van der Waals surface area (Å²) >= 11 is 0. The highest BCUT2D eigenvalue weighted by Crippen LogP contribution is 2.67. The summed E-state index contributed by atoms with van der Waals surface area (Å²) in [7, 11) is 0. The molecule has 2 spiro atoms. The van der Waals surface area contributed by atoms with Crippen molar-refractivity contribution < 1.29 is 0 Å². The summed E-state index contributed by atoms with van der Waals surface area (Å²) in [5.74, 6) is 0.928. The number of rotatable bonds is 17. The maximum atomic E-state index is 2.53. The van der Waals surface area contributed by atoms with Crippen LogP contribution in [0.5, 0.6) is 0 Å². The van der Waals surface area contributed by atoms with E-state index >= 15 is 0 Å². The first-order valence-corrected chi connectivity index (χ1v) is 52.8.